The molecule has 0 bridgehead atoms. The first-order valence-electron chi connectivity index (χ1n) is 6.93. The average Bonchev–Trinajstić information content (AvgIpc) is 2.53. The standard InChI is InChI=1S/C16H21NO6/c1-6-23-14(18)7-10(2)17-16(19)11-8-12(20-3)15(22-5)13(9-11)21-4/h7-9H,6H2,1-5H3,(H,17,19). The van der Waals surface area contributed by atoms with Crippen LogP contribution in [0.15, 0.2) is 23.9 Å². The van der Waals surface area contributed by atoms with Crippen LogP contribution in [0.1, 0.15) is 24.2 Å². The summed E-state index contributed by atoms with van der Waals surface area (Å²) in [5.41, 5.74) is 0.665. The van der Waals surface area contributed by atoms with Crippen LogP contribution in [0.4, 0.5) is 0 Å². The molecule has 0 atom stereocenters. The average molecular weight is 323 g/mol. The van der Waals surface area contributed by atoms with Crippen LogP contribution in [0.5, 0.6) is 17.2 Å². The Balaban J connectivity index is 3.02. The molecular weight excluding hydrogens is 302 g/mol. The van der Waals surface area contributed by atoms with E-state index in [2.05, 4.69) is 5.32 Å². The Morgan fingerprint density at radius 2 is 1.65 bits per heavy atom. The molecule has 23 heavy (non-hydrogen) atoms. The number of hydrogen-bond donors (Lipinski definition) is 1. The highest BCUT2D eigenvalue weighted by Crippen LogP contribution is 2.38. The predicted octanol–water partition coefficient (Wildman–Crippen LogP) is 1.91. The molecule has 7 nitrogen and oxygen atoms in total. The molecule has 0 aliphatic rings. The molecular formula is C16H21NO6. The van der Waals surface area contributed by atoms with Gasteiger partial charge in [-0.05, 0) is 26.0 Å². The van der Waals surface area contributed by atoms with Crippen LogP contribution < -0.4 is 19.5 Å². The number of carbonyl (C=O) groups is 2. The molecule has 0 radical (unpaired) electrons. The van der Waals surface area contributed by atoms with Crippen molar-refractivity contribution in [2.24, 2.45) is 0 Å². The Bertz CT molecular complexity index is 584. The van der Waals surface area contributed by atoms with Crippen LogP contribution >= 0.6 is 0 Å². The second-order valence-electron chi connectivity index (χ2n) is 4.45. The van der Waals surface area contributed by atoms with Crippen LogP contribution in [0.25, 0.3) is 0 Å². The van der Waals surface area contributed by atoms with Crippen molar-refractivity contribution in [2.75, 3.05) is 27.9 Å². The third kappa shape index (κ3) is 4.91. The SMILES string of the molecule is CCOC(=O)C=C(C)NC(=O)c1cc(OC)c(OC)c(OC)c1. The number of esters is 1. The van der Waals surface area contributed by atoms with E-state index in [1.165, 1.54) is 39.5 Å². The maximum atomic E-state index is 12.3. The van der Waals surface area contributed by atoms with Gasteiger partial charge < -0.3 is 24.3 Å². The van der Waals surface area contributed by atoms with Gasteiger partial charge in [0.1, 0.15) is 0 Å². The highest BCUT2D eigenvalue weighted by atomic mass is 16.5. The number of benzene rings is 1. The van der Waals surface area contributed by atoms with E-state index in [0.717, 1.165) is 0 Å². The van der Waals surface area contributed by atoms with Crippen molar-refractivity contribution in [1.82, 2.24) is 5.32 Å². The van der Waals surface area contributed by atoms with Crippen LogP contribution in [0.2, 0.25) is 0 Å². The molecule has 1 amide bonds. The summed E-state index contributed by atoms with van der Waals surface area (Å²) >= 11 is 0. The third-order valence-electron chi connectivity index (χ3n) is 2.86. The molecule has 0 fully saturated rings. The van der Waals surface area contributed by atoms with Gasteiger partial charge in [0.25, 0.3) is 5.91 Å². The largest absolute Gasteiger partial charge is 0.493 e. The van der Waals surface area contributed by atoms with Gasteiger partial charge in [-0.25, -0.2) is 4.79 Å². The summed E-state index contributed by atoms with van der Waals surface area (Å²) in [4.78, 5) is 23.6. The van der Waals surface area contributed by atoms with E-state index in [1.807, 2.05) is 0 Å². The molecule has 0 saturated carbocycles. The summed E-state index contributed by atoms with van der Waals surface area (Å²) in [6.07, 6.45) is 1.21. The van der Waals surface area contributed by atoms with Crippen molar-refractivity contribution < 1.29 is 28.5 Å². The predicted molar refractivity (Wildman–Crippen MR) is 84.0 cm³/mol. The Labute approximate surface area is 135 Å². The van der Waals surface area contributed by atoms with Gasteiger partial charge in [0.05, 0.1) is 27.9 Å². The Morgan fingerprint density at radius 1 is 1.09 bits per heavy atom. The molecule has 7 heteroatoms. The molecule has 0 unspecified atom stereocenters. The molecule has 1 aromatic rings. The van der Waals surface area contributed by atoms with Crippen LogP contribution in [-0.2, 0) is 9.53 Å². The van der Waals surface area contributed by atoms with Crippen LogP contribution in [0.3, 0.4) is 0 Å². The number of amides is 1. The molecule has 0 aliphatic carbocycles. The topological polar surface area (TPSA) is 83.1 Å². The molecule has 1 aromatic carbocycles. The summed E-state index contributed by atoms with van der Waals surface area (Å²) < 4.78 is 20.4. The summed E-state index contributed by atoms with van der Waals surface area (Å²) in [5.74, 6) is 0.191. The van der Waals surface area contributed by atoms with E-state index in [1.54, 1.807) is 13.8 Å². The van der Waals surface area contributed by atoms with E-state index < -0.39 is 11.9 Å². The molecule has 0 aliphatic heterocycles. The van der Waals surface area contributed by atoms with E-state index in [4.69, 9.17) is 18.9 Å². The smallest absolute Gasteiger partial charge is 0.332 e. The molecule has 126 valence electrons. The van der Waals surface area contributed by atoms with Crippen molar-refractivity contribution >= 4 is 11.9 Å². The summed E-state index contributed by atoms with van der Waals surface area (Å²) in [5, 5.41) is 2.60. The van der Waals surface area contributed by atoms with Gasteiger partial charge >= 0.3 is 5.97 Å². The van der Waals surface area contributed by atoms with Gasteiger partial charge in [0, 0.05) is 17.3 Å². The highest BCUT2D eigenvalue weighted by molar-refractivity contribution is 5.97. The lowest BCUT2D eigenvalue weighted by atomic mass is 10.1. The van der Waals surface area contributed by atoms with Crippen molar-refractivity contribution in [3.63, 3.8) is 0 Å². The number of carbonyl (C=O) groups excluding carboxylic acids is 2. The summed E-state index contributed by atoms with van der Waals surface area (Å²) in [7, 11) is 4.40. The minimum Gasteiger partial charge on any atom is -0.493 e. The minimum absolute atomic E-state index is 0.267. The van der Waals surface area contributed by atoms with Crippen molar-refractivity contribution in [3.05, 3.63) is 29.5 Å². The van der Waals surface area contributed by atoms with Gasteiger partial charge in [-0.3, -0.25) is 4.79 Å². The second kappa shape index (κ2) is 8.67. The van der Waals surface area contributed by atoms with Gasteiger partial charge in [-0.2, -0.15) is 0 Å². The first-order chi connectivity index (χ1) is 11.0. The van der Waals surface area contributed by atoms with Gasteiger partial charge in [0.15, 0.2) is 11.5 Å². The number of hydrogen-bond acceptors (Lipinski definition) is 6. The maximum absolute atomic E-state index is 12.3. The zero-order valence-corrected chi connectivity index (χ0v) is 13.9. The zero-order chi connectivity index (χ0) is 17.4. The lowest BCUT2D eigenvalue weighted by Gasteiger charge is -2.14. The number of ether oxygens (including phenoxy) is 4. The number of nitrogens with one attached hydrogen (secondary N) is 1. The van der Waals surface area contributed by atoms with Gasteiger partial charge in [-0.15, -0.1) is 0 Å². The molecule has 1 N–H and O–H groups in total. The van der Waals surface area contributed by atoms with E-state index in [9.17, 15) is 9.59 Å². The third-order valence-corrected chi connectivity index (χ3v) is 2.86. The van der Waals surface area contributed by atoms with Crippen molar-refractivity contribution in [1.29, 1.82) is 0 Å². The fourth-order valence-corrected chi connectivity index (χ4v) is 1.86. The minimum atomic E-state index is -0.518. The number of methoxy groups -OCH3 is 3. The van der Waals surface area contributed by atoms with Gasteiger partial charge in [0.2, 0.25) is 5.75 Å². The molecule has 0 heterocycles. The van der Waals surface area contributed by atoms with Crippen LogP contribution in [0, 0.1) is 0 Å². The molecule has 0 aromatic heterocycles. The Hall–Kier alpha value is -2.70. The quantitative estimate of drug-likeness (QED) is 0.609. The Morgan fingerprint density at radius 3 is 2.09 bits per heavy atom. The maximum Gasteiger partial charge on any atom is 0.332 e. The normalized spacial score (nSPS) is 10.7. The molecule has 0 spiro atoms. The van der Waals surface area contributed by atoms with E-state index >= 15 is 0 Å². The lowest BCUT2D eigenvalue weighted by Crippen LogP contribution is -2.22. The molecule has 0 saturated heterocycles. The fourth-order valence-electron chi connectivity index (χ4n) is 1.86. The first kappa shape index (κ1) is 18.3. The van der Waals surface area contributed by atoms with E-state index in [0.29, 0.717) is 28.5 Å². The first-order valence-corrected chi connectivity index (χ1v) is 6.93. The van der Waals surface area contributed by atoms with Gasteiger partial charge in [-0.1, -0.05) is 0 Å². The van der Waals surface area contributed by atoms with Crippen LogP contribution in [-0.4, -0.2) is 39.8 Å². The van der Waals surface area contributed by atoms with E-state index in [-0.39, 0.29) is 6.61 Å². The number of allylic oxidation sites excluding steroid dienone is 1. The lowest BCUT2D eigenvalue weighted by molar-refractivity contribution is -0.137. The van der Waals surface area contributed by atoms with Crippen molar-refractivity contribution in [2.45, 2.75) is 13.8 Å². The monoisotopic (exact) mass is 323 g/mol. The molecule has 1 rings (SSSR count). The highest BCUT2D eigenvalue weighted by Gasteiger charge is 2.17. The Kier molecular flexibility index (Phi) is 6.92. The summed E-state index contributed by atoms with van der Waals surface area (Å²) in [6.45, 7) is 3.56. The zero-order valence-electron chi connectivity index (χ0n) is 13.9. The number of rotatable bonds is 7. The van der Waals surface area contributed by atoms with Crippen molar-refractivity contribution in [3.8, 4) is 17.2 Å². The fraction of sp³-hybridized carbons (Fsp3) is 0.375. The second-order valence-corrected chi connectivity index (χ2v) is 4.45. The summed E-state index contributed by atoms with van der Waals surface area (Å²) in [6, 6.07) is 3.04.